The van der Waals surface area contributed by atoms with Gasteiger partial charge in [0.15, 0.2) is 0 Å². The van der Waals surface area contributed by atoms with Crippen LogP contribution in [0.5, 0.6) is 0 Å². The summed E-state index contributed by atoms with van der Waals surface area (Å²) in [4.78, 5) is 32.3. The van der Waals surface area contributed by atoms with Gasteiger partial charge in [0.2, 0.25) is 0 Å². The van der Waals surface area contributed by atoms with E-state index in [1.807, 2.05) is 31.2 Å². The van der Waals surface area contributed by atoms with Crippen molar-refractivity contribution in [2.45, 2.75) is 13.0 Å². The Balaban J connectivity index is 1.55. The summed E-state index contributed by atoms with van der Waals surface area (Å²) < 4.78 is 13.1. The number of anilines is 1. The number of nitrogens with one attached hydrogen (secondary N) is 2. The molecule has 0 spiro atoms. The van der Waals surface area contributed by atoms with Crippen LogP contribution in [-0.2, 0) is 4.79 Å². The quantitative estimate of drug-likeness (QED) is 0.578. The van der Waals surface area contributed by atoms with Crippen molar-refractivity contribution in [1.29, 1.82) is 0 Å². The largest absolute Gasteiger partial charge is 0.362 e. The van der Waals surface area contributed by atoms with Gasteiger partial charge < -0.3 is 5.32 Å². The lowest BCUT2D eigenvalue weighted by Crippen LogP contribution is -2.17. The molecular weight excluding hydrogens is 403 g/mol. The zero-order valence-electron chi connectivity index (χ0n) is 15.9. The molecule has 1 atom stereocenters. The number of carbonyl (C=O) groups excluding carboxylic acids is 2. The fraction of sp³-hybridized carbons (Fsp3) is 0.0909. The van der Waals surface area contributed by atoms with Gasteiger partial charge in [0.25, 0.3) is 11.1 Å². The number of benzene rings is 2. The van der Waals surface area contributed by atoms with E-state index < -0.39 is 5.91 Å². The number of imide groups is 1. The van der Waals surface area contributed by atoms with Gasteiger partial charge in [-0.3, -0.25) is 19.9 Å². The van der Waals surface area contributed by atoms with E-state index in [1.54, 1.807) is 30.6 Å². The Morgan fingerprint density at radius 3 is 2.67 bits per heavy atom. The van der Waals surface area contributed by atoms with Crippen LogP contribution >= 0.6 is 11.8 Å². The molecule has 2 N–H and O–H groups in total. The normalized spacial score (nSPS) is 15.9. The smallest absolute Gasteiger partial charge is 0.290 e. The van der Waals surface area contributed by atoms with E-state index in [0.29, 0.717) is 16.4 Å². The average molecular weight is 420 g/mol. The number of nitrogens with zero attached hydrogens (tertiary/aromatic N) is 2. The SMILES string of the molecule is CC(Nc1cncc(-c2cccc(C=C3SC(=O)NC3=O)c2)n1)c1ccc(F)cc1. The van der Waals surface area contributed by atoms with Gasteiger partial charge in [-0.05, 0) is 54.1 Å². The summed E-state index contributed by atoms with van der Waals surface area (Å²) in [7, 11) is 0. The lowest BCUT2D eigenvalue weighted by atomic mass is 10.1. The highest BCUT2D eigenvalue weighted by molar-refractivity contribution is 8.18. The number of thioether (sulfide) groups is 1. The van der Waals surface area contributed by atoms with E-state index in [1.165, 1.54) is 12.1 Å². The number of rotatable bonds is 5. The molecule has 4 rings (SSSR count). The summed E-state index contributed by atoms with van der Waals surface area (Å²) in [5, 5.41) is 5.14. The van der Waals surface area contributed by atoms with Gasteiger partial charge in [0, 0.05) is 11.6 Å². The first-order valence-corrected chi connectivity index (χ1v) is 9.99. The van der Waals surface area contributed by atoms with Crippen LogP contribution in [0.3, 0.4) is 0 Å². The average Bonchev–Trinajstić information content (AvgIpc) is 3.05. The van der Waals surface area contributed by atoms with Crippen LogP contribution in [-0.4, -0.2) is 21.1 Å². The number of hydrogen-bond donors (Lipinski definition) is 2. The van der Waals surface area contributed by atoms with Crippen molar-refractivity contribution in [2.24, 2.45) is 0 Å². The molecule has 3 aromatic rings. The Hall–Kier alpha value is -3.52. The van der Waals surface area contributed by atoms with Crippen molar-refractivity contribution in [3.05, 3.63) is 82.8 Å². The maximum Gasteiger partial charge on any atom is 0.290 e. The zero-order valence-corrected chi connectivity index (χ0v) is 16.7. The van der Waals surface area contributed by atoms with E-state index in [4.69, 9.17) is 0 Å². The maximum absolute atomic E-state index is 13.1. The van der Waals surface area contributed by atoms with E-state index >= 15 is 0 Å². The van der Waals surface area contributed by atoms with Crippen LogP contribution in [0.4, 0.5) is 15.0 Å². The highest BCUT2D eigenvalue weighted by atomic mass is 32.2. The van der Waals surface area contributed by atoms with Crippen molar-refractivity contribution >= 4 is 34.8 Å². The highest BCUT2D eigenvalue weighted by Gasteiger charge is 2.24. The predicted octanol–water partition coefficient (Wildman–Crippen LogP) is 4.78. The molecule has 8 heteroatoms. The Kier molecular flexibility index (Phi) is 5.58. The van der Waals surface area contributed by atoms with Gasteiger partial charge in [0.1, 0.15) is 11.6 Å². The standard InChI is InChI=1S/C22H17FN4O2S/c1-13(15-5-7-17(23)8-6-15)25-20-12-24-11-18(26-20)16-4-2-3-14(9-16)10-19-21(28)27-22(29)30-19/h2-13H,1H3,(H,25,26)(H,27,28,29). The van der Waals surface area contributed by atoms with E-state index in [0.717, 1.165) is 28.5 Å². The second-order valence-corrected chi connectivity index (χ2v) is 7.70. The number of amides is 2. The topological polar surface area (TPSA) is 84.0 Å². The lowest BCUT2D eigenvalue weighted by Gasteiger charge is -2.15. The van der Waals surface area contributed by atoms with Crippen molar-refractivity contribution in [3.8, 4) is 11.3 Å². The minimum Gasteiger partial charge on any atom is -0.362 e. The molecule has 2 aromatic carbocycles. The molecule has 30 heavy (non-hydrogen) atoms. The molecule has 150 valence electrons. The van der Waals surface area contributed by atoms with Crippen LogP contribution < -0.4 is 10.6 Å². The molecule has 1 aliphatic heterocycles. The minimum atomic E-state index is -0.392. The van der Waals surface area contributed by atoms with E-state index in [-0.39, 0.29) is 17.1 Å². The molecule has 1 saturated heterocycles. The number of carbonyl (C=O) groups is 2. The fourth-order valence-electron chi connectivity index (χ4n) is 2.99. The Bertz CT molecular complexity index is 1150. The fourth-order valence-corrected chi connectivity index (χ4v) is 3.67. The van der Waals surface area contributed by atoms with Crippen LogP contribution in [0, 0.1) is 5.82 Å². The molecule has 2 amide bonds. The Morgan fingerprint density at radius 1 is 1.13 bits per heavy atom. The van der Waals surface area contributed by atoms with Gasteiger partial charge in [0.05, 0.1) is 23.0 Å². The molecule has 2 heterocycles. The number of hydrogen-bond acceptors (Lipinski definition) is 6. The van der Waals surface area contributed by atoms with Crippen molar-refractivity contribution in [2.75, 3.05) is 5.32 Å². The van der Waals surface area contributed by atoms with E-state index in [2.05, 4.69) is 20.6 Å². The molecule has 1 aromatic heterocycles. The predicted molar refractivity (Wildman–Crippen MR) is 115 cm³/mol. The third-order valence-corrected chi connectivity index (χ3v) is 5.30. The van der Waals surface area contributed by atoms with Crippen LogP contribution in [0.25, 0.3) is 17.3 Å². The van der Waals surface area contributed by atoms with Crippen molar-refractivity contribution in [3.63, 3.8) is 0 Å². The highest BCUT2D eigenvalue weighted by Crippen LogP contribution is 2.27. The molecule has 0 saturated carbocycles. The zero-order chi connectivity index (χ0) is 21.1. The molecule has 0 bridgehead atoms. The molecule has 0 aliphatic carbocycles. The lowest BCUT2D eigenvalue weighted by molar-refractivity contribution is -0.115. The summed E-state index contributed by atoms with van der Waals surface area (Å²) in [6.07, 6.45) is 4.95. The van der Waals surface area contributed by atoms with Crippen molar-refractivity contribution < 1.29 is 14.0 Å². The van der Waals surface area contributed by atoms with Crippen LogP contribution in [0.2, 0.25) is 0 Å². The molecule has 0 radical (unpaired) electrons. The summed E-state index contributed by atoms with van der Waals surface area (Å²) in [5.74, 6) is -0.0824. The Morgan fingerprint density at radius 2 is 1.93 bits per heavy atom. The first kappa shape index (κ1) is 19.8. The molecular formula is C22H17FN4O2S. The van der Waals surface area contributed by atoms with Gasteiger partial charge >= 0.3 is 0 Å². The van der Waals surface area contributed by atoms with Gasteiger partial charge in [-0.15, -0.1) is 0 Å². The number of aromatic nitrogens is 2. The van der Waals surface area contributed by atoms with Crippen molar-refractivity contribution in [1.82, 2.24) is 15.3 Å². The van der Waals surface area contributed by atoms with Crippen LogP contribution in [0.1, 0.15) is 24.1 Å². The van der Waals surface area contributed by atoms with Gasteiger partial charge in [-0.2, -0.15) is 0 Å². The summed E-state index contributed by atoms with van der Waals surface area (Å²) in [6.45, 7) is 1.96. The molecule has 1 aliphatic rings. The summed E-state index contributed by atoms with van der Waals surface area (Å²) in [6, 6.07) is 13.7. The second kappa shape index (κ2) is 8.46. The maximum atomic E-state index is 13.1. The first-order valence-electron chi connectivity index (χ1n) is 9.17. The molecule has 6 nitrogen and oxygen atoms in total. The van der Waals surface area contributed by atoms with E-state index in [9.17, 15) is 14.0 Å². The van der Waals surface area contributed by atoms with Crippen LogP contribution in [0.15, 0.2) is 65.8 Å². The molecule has 1 unspecified atom stereocenters. The second-order valence-electron chi connectivity index (χ2n) is 6.68. The minimum absolute atomic E-state index is 0.0818. The summed E-state index contributed by atoms with van der Waals surface area (Å²) in [5.41, 5.74) is 3.19. The number of halogens is 1. The first-order chi connectivity index (χ1) is 14.5. The van der Waals surface area contributed by atoms with Gasteiger partial charge in [-0.1, -0.05) is 30.3 Å². The third kappa shape index (κ3) is 4.55. The Labute approximate surface area is 176 Å². The van der Waals surface area contributed by atoms with Gasteiger partial charge in [-0.25, -0.2) is 9.37 Å². The third-order valence-electron chi connectivity index (χ3n) is 4.49. The molecule has 1 fully saturated rings. The summed E-state index contributed by atoms with van der Waals surface area (Å²) >= 11 is 0.878. The monoisotopic (exact) mass is 420 g/mol.